The first kappa shape index (κ1) is 14.5. The number of rotatable bonds is 4. The molecule has 1 amide bonds. The van der Waals surface area contributed by atoms with Crippen LogP contribution < -0.4 is 5.32 Å². The van der Waals surface area contributed by atoms with Crippen LogP contribution in [0.2, 0.25) is 5.02 Å². The fourth-order valence-corrected chi connectivity index (χ4v) is 2.67. The largest absolute Gasteiger partial charge is 0.324 e. The lowest BCUT2D eigenvalue weighted by atomic mass is 10.1. The molecule has 0 unspecified atom stereocenters. The number of hydrogen-bond acceptors (Lipinski definition) is 3. The zero-order chi connectivity index (χ0) is 15.7. The number of non-ortho nitro benzene ring substituents is 1. The van der Waals surface area contributed by atoms with Crippen LogP contribution in [-0.2, 0) is 4.79 Å². The molecular formula is C16H13ClN2O3. The lowest BCUT2D eigenvalue weighted by molar-refractivity contribution is -0.384. The number of carbonyl (C=O) groups excluding carboxylic acids is 1. The summed E-state index contributed by atoms with van der Waals surface area (Å²) in [5, 5.41) is 13.8. The second-order valence-corrected chi connectivity index (χ2v) is 5.68. The van der Waals surface area contributed by atoms with Gasteiger partial charge in [0, 0.05) is 18.1 Å². The first-order valence-corrected chi connectivity index (χ1v) is 7.24. The number of nitrogens with zero attached hydrogens (tertiary/aromatic N) is 1. The summed E-state index contributed by atoms with van der Waals surface area (Å²) in [6.45, 7) is 0. The van der Waals surface area contributed by atoms with E-state index in [2.05, 4.69) is 5.32 Å². The highest BCUT2D eigenvalue weighted by Crippen LogP contribution is 2.48. The number of nitrogens with one attached hydrogen (secondary N) is 1. The van der Waals surface area contributed by atoms with Crippen LogP contribution in [0, 0.1) is 16.0 Å². The quantitative estimate of drug-likeness (QED) is 0.684. The zero-order valence-electron chi connectivity index (χ0n) is 11.5. The van der Waals surface area contributed by atoms with E-state index in [0.29, 0.717) is 0 Å². The summed E-state index contributed by atoms with van der Waals surface area (Å²) >= 11 is 5.99. The summed E-state index contributed by atoms with van der Waals surface area (Å²) < 4.78 is 0. The van der Waals surface area contributed by atoms with Crippen LogP contribution >= 0.6 is 11.6 Å². The van der Waals surface area contributed by atoms with E-state index in [4.69, 9.17) is 11.6 Å². The van der Waals surface area contributed by atoms with Gasteiger partial charge < -0.3 is 5.32 Å². The second kappa shape index (κ2) is 5.77. The molecule has 6 heteroatoms. The molecule has 1 aliphatic rings. The van der Waals surface area contributed by atoms with E-state index in [0.717, 1.165) is 12.0 Å². The Morgan fingerprint density at radius 2 is 1.95 bits per heavy atom. The van der Waals surface area contributed by atoms with Gasteiger partial charge in [0.15, 0.2) is 0 Å². The molecule has 0 saturated heterocycles. The van der Waals surface area contributed by atoms with Crippen molar-refractivity contribution in [1.29, 1.82) is 0 Å². The highest BCUT2D eigenvalue weighted by molar-refractivity contribution is 6.33. The lowest BCUT2D eigenvalue weighted by Crippen LogP contribution is -2.15. The van der Waals surface area contributed by atoms with Crippen LogP contribution in [0.1, 0.15) is 17.9 Å². The number of benzene rings is 2. The number of carbonyl (C=O) groups is 1. The molecule has 0 aromatic heterocycles. The van der Waals surface area contributed by atoms with Gasteiger partial charge in [-0.3, -0.25) is 14.9 Å². The first-order chi connectivity index (χ1) is 10.6. The second-order valence-electron chi connectivity index (χ2n) is 5.27. The Morgan fingerprint density at radius 3 is 2.64 bits per heavy atom. The minimum atomic E-state index is -0.518. The van der Waals surface area contributed by atoms with E-state index in [1.165, 1.54) is 18.2 Å². The van der Waals surface area contributed by atoms with Crippen molar-refractivity contribution in [1.82, 2.24) is 0 Å². The molecule has 5 nitrogen and oxygen atoms in total. The van der Waals surface area contributed by atoms with Gasteiger partial charge in [-0.15, -0.1) is 0 Å². The van der Waals surface area contributed by atoms with Gasteiger partial charge in [0.25, 0.3) is 5.69 Å². The van der Waals surface area contributed by atoms with Gasteiger partial charge in [0.05, 0.1) is 15.6 Å². The number of halogens is 1. The SMILES string of the molecule is O=C(Nc1cc([N+](=O)[O-])ccc1Cl)[C@@H]1C[C@@H]1c1ccccc1. The molecule has 1 N–H and O–H groups in total. The van der Waals surface area contributed by atoms with Gasteiger partial charge in [-0.1, -0.05) is 41.9 Å². The maximum atomic E-state index is 12.3. The topological polar surface area (TPSA) is 72.2 Å². The molecule has 2 aromatic carbocycles. The summed E-state index contributed by atoms with van der Waals surface area (Å²) in [6.07, 6.45) is 0.780. The van der Waals surface area contributed by atoms with Crippen LogP contribution in [0.15, 0.2) is 48.5 Å². The van der Waals surface area contributed by atoms with Gasteiger partial charge in [0.1, 0.15) is 0 Å². The zero-order valence-corrected chi connectivity index (χ0v) is 12.3. The molecule has 0 radical (unpaired) electrons. The third kappa shape index (κ3) is 2.94. The molecule has 0 spiro atoms. The maximum Gasteiger partial charge on any atom is 0.271 e. The Bertz CT molecular complexity index is 733. The van der Waals surface area contributed by atoms with Crippen molar-refractivity contribution in [3.63, 3.8) is 0 Å². The Balaban J connectivity index is 1.71. The van der Waals surface area contributed by atoms with Crippen LogP contribution in [0.3, 0.4) is 0 Å². The van der Waals surface area contributed by atoms with E-state index < -0.39 is 4.92 Å². The normalized spacial score (nSPS) is 19.5. The lowest BCUT2D eigenvalue weighted by Gasteiger charge is -2.07. The number of anilines is 1. The van der Waals surface area contributed by atoms with Crippen molar-refractivity contribution in [2.24, 2.45) is 5.92 Å². The number of amides is 1. The van der Waals surface area contributed by atoms with Gasteiger partial charge in [0.2, 0.25) is 5.91 Å². The van der Waals surface area contributed by atoms with Crippen molar-refractivity contribution in [2.45, 2.75) is 12.3 Å². The van der Waals surface area contributed by atoms with E-state index in [9.17, 15) is 14.9 Å². The van der Waals surface area contributed by atoms with Crippen molar-refractivity contribution < 1.29 is 9.72 Å². The Morgan fingerprint density at radius 1 is 1.23 bits per heavy atom. The summed E-state index contributed by atoms with van der Waals surface area (Å²) in [5.74, 6) is -0.0624. The van der Waals surface area contributed by atoms with E-state index in [1.54, 1.807) is 0 Å². The molecule has 3 rings (SSSR count). The fraction of sp³-hybridized carbons (Fsp3) is 0.188. The van der Waals surface area contributed by atoms with Crippen LogP contribution in [0.5, 0.6) is 0 Å². The van der Waals surface area contributed by atoms with Crippen LogP contribution in [0.4, 0.5) is 11.4 Å². The standard InChI is InChI=1S/C16H13ClN2O3/c17-14-7-6-11(19(21)22)8-15(14)18-16(20)13-9-12(13)10-4-2-1-3-5-10/h1-8,12-13H,9H2,(H,18,20)/t12-,13-/m1/s1. The van der Waals surface area contributed by atoms with Gasteiger partial charge in [-0.05, 0) is 24.0 Å². The Hall–Kier alpha value is -2.40. The smallest absolute Gasteiger partial charge is 0.271 e. The van der Waals surface area contributed by atoms with Crippen LogP contribution in [0.25, 0.3) is 0 Å². The van der Waals surface area contributed by atoms with Gasteiger partial charge in [-0.2, -0.15) is 0 Å². The molecule has 0 heterocycles. The molecule has 112 valence electrons. The van der Waals surface area contributed by atoms with Gasteiger partial charge in [-0.25, -0.2) is 0 Å². The average molecular weight is 317 g/mol. The van der Waals surface area contributed by atoms with Gasteiger partial charge >= 0.3 is 0 Å². The van der Waals surface area contributed by atoms with Crippen molar-refractivity contribution in [2.75, 3.05) is 5.32 Å². The highest BCUT2D eigenvalue weighted by Gasteiger charge is 2.43. The molecule has 2 atom stereocenters. The molecule has 22 heavy (non-hydrogen) atoms. The molecule has 2 aromatic rings. The first-order valence-electron chi connectivity index (χ1n) is 6.86. The maximum absolute atomic E-state index is 12.3. The molecule has 1 aliphatic carbocycles. The Kier molecular flexibility index (Phi) is 3.81. The molecule has 0 aliphatic heterocycles. The summed E-state index contributed by atoms with van der Waals surface area (Å²) in [6, 6.07) is 13.8. The predicted molar refractivity (Wildman–Crippen MR) is 84.0 cm³/mol. The van der Waals surface area contributed by atoms with E-state index >= 15 is 0 Å². The molecule has 0 bridgehead atoms. The third-order valence-corrected chi connectivity index (χ3v) is 4.10. The predicted octanol–water partition coefficient (Wildman–Crippen LogP) is 3.99. The monoisotopic (exact) mass is 316 g/mol. The number of nitro benzene ring substituents is 1. The minimum Gasteiger partial charge on any atom is -0.324 e. The highest BCUT2D eigenvalue weighted by atomic mass is 35.5. The summed E-state index contributed by atoms with van der Waals surface area (Å²) in [5.41, 5.74) is 1.31. The van der Waals surface area contributed by atoms with Crippen molar-refractivity contribution in [3.05, 3.63) is 69.2 Å². The molecule has 1 fully saturated rings. The van der Waals surface area contributed by atoms with E-state index in [-0.39, 0.29) is 34.1 Å². The summed E-state index contributed by atoms with van der Waals surface area (Å²) in [4.78, 5) is 22.5. The van der Waals surface area contributed by atoms with Crippen LogP contribution in [-0.4, -0.2) is 10.8 Å². The number of nitro groups is 1. The number of hydrogen-bond donors (Lipinski definition) is 1. The summed E-state index contributed by atoms with van der Waals surface area (Å²) in [7, 11) is 0. The molecule has 1 saturated carbocycles. The van der Waals surface area contributed by atoms with Crippen molar-refractivity contribution in [3.8, 4) is 0 Å². The minimum absolute atomic E-state index is 0.102. The Labute approximate surface area is 132 Å². The van der Waals surface area contributed by atoms with Crippen molar-refractivity contribution >= 4 is 28.9 Å². The average Bonchev–Trinajstić information content (AvgIpc) is 3.31. The third-order valence-electron chi connectivity index (χ3n) is 3.77. The fourth-order valence-electron chi connectivity index (χ4n) is 2.50. The molecular weight excluding hydrogens is 304 g/mol. The van der Waals surface area contributed by atoms with E-state index in [1.807, 2.05) is 30.3 Å².